The molecule has 0 bridgehead atoms. The summed E-state index contributed by atoms with van der Waals surface area (Å²) in [6.45, 7) is 3.89. The van der Waals surface area contributed by atoms with E-state index in [1.165, 1.54) is 14.2 Å². The Morgan fingerprint density at radius 1 is 0.963 bits per heavy atom. The van der Waals surface area contributed by atoms with E-state index in [1.54, 1.807) is 12.2 Å². The molecule has 138 valence electrons. The number of ketones is 1. The van der Waals surface area contributed by atoms with Crippen LogP contribution in [0.5, 0.6) is 0 Å². The fraction of sp³-hybridized carbons (Fsp3) is 0.227. The third-order valence-corrected chi connectivity index (χ3v) is 4.29. The largest absolute Gasteiger partial charge is 0.493 e. The zero-order chi connectivity index (χ0) is 19.4. The molecule has 0 heterocycles. The van der Waals surface area contributed by atoms with E-state index in [-0.39, 0.29) is 17.3 Å². The SMILES string of the molecule is COC1=CC(C)(N=C2C=CC(=Nc3ccccc3)C=C2C)C=C(OC)C1=O. The van der Waals surface area contributed by atoms with Gasteiger partial charge in [0.2, 0.25) is 0 Å². The highest BCUT2D eigenvalue weighted by atomic mass is 16.5. The number of rotatable bonds is 4. The van der Waals surface area contributed by atoms with Crippen LogP contribution in [0.15, 0.2) is 87.8 Å². The molecule has 0 saturated carbocycles. The van der Waals surface area contributed by atoms with Gasteiger partial charge in [0, 0.05) is 0 Å². The second-order valence-electron chi connectivity index (χ2n) is 6.51. The smallest absolute Gasteiger partial charge is 0.261 e. The Hall–Kier alpha value is -3.21. The van der Waals surface area contributed by atoms with Gasteiger partial charge in [0.25, 0.3) is 5.78 Å². The molecule has 5 nitrogen and oxygen atoms in total. The Balaban J connectivity index is 1.92. The van der Waals surface area contributed by atoms with Gasteiger partial charge in [-0.2, -0.15) is 0 Å². The van der Waals surface area contributed by atoms with E-state index in [1.807, 2.05) is 62.4 Å². The Morgan fingerprint density at radius 2 is 1.59 bits per heavy atom. The van der Waals surface area contributed by atoms with E-state index in [4.69, 9.17) is 14.5 Å². The van der Waals surface area contributed by atoms with Gasteiger partial charge in [-0.25, -0.2) is 4.99 Å². The van der Waals surface area contributed by atoms with Crippen molar-refractivity contribution >= 4 is 22.9 Å². The van der Waals surface area contributed by atoms with Gasteiger partial charge >= 0.3 is 0 Å². The molecule has 1 aromatic rings. The molecule has 0 amide bonds. The Kier molecular flexibility index (Phi) is 5.21. The molecule has 2 aliphatic carbocycles. The Labute approximate surface area is 159 Å². The van der Waals surface area contributed by atoms with E-state index in [9.17, 15) is 4.79 Å². The molecule has 0 aromatic heterocycles. The summed E-state index contributed by atoms with van der Waals surface area (Å²) in [5, 5.41) is 0. The Morgan fingerprint density at radius 3 is 2.15 bits per heavy atom. The second-order valence-corrected chi connectivity index (χ2v) is 6.51. The van der Waals surface area contributed by atoms with Gasteiger partial charge < -0.3 is 9.47 Å². The molecule has 0 N–H and O–H groups in total. The first-order valence-electron chi connectivity index (χ1n) is 8.63. The van der Waals surface area contributed by atoms with E-state index >= 15 is 0 Å². The van der Waals surface area contributed by atoms with Crippen molar-refractivity contribution < 1.29 is 14.3 Å². The first kappa shape index (κ1) is 18.6. The lowest BCUT2D eigenvalue weighted by Gasteiger charge is -2.25. The molecule has 5 heteroatoms. The summed E-state index contributed by atoms with van der Waals surface area (Å²) in [6.07, 6.45) is 9.27. The number of para-hydroxylation sites is 1. The van der Waals surface area contributed by atoms with Crippen molar-refractivity contribution in [1.29, 1.82) is 0 Å². The fourth-order valence-corrected chi connectivity index (χ4v) is 2.94. The van der Waals surface area contributed by atoms with Gasteiger partial charge in [-0.3, -0.25) is 9.79 Å². The number of methoxy groups -OCH3 is 2. The molecule has 0 saturated heterocycles. The number of benzene rings is 1. The van der Waals surface area contributed by atoms with Gasteiger partial charge in [0.05, 0.1) is 31.3 Å². The molecular formula is C22H22N2O3. The van der Waals surface area contributed by atoms with Crippen LogP contribution in [0.25, 0.3) is 0 Å². The zero-order valence-electron chi connectivity index (χ0n) is 15.9. The summed E-state index contributed by atoms with van der Waals surface area (Å²) in [5.41, 5.74) is 2.83. The topological polar surface area (TPSA) is 60.3 Å². The monoisotopic (exact) mass is 362 g/mol. The van der Waals surface area contributed by atoms with Crippen molar-refractivity contribution in [2.45, 2.75) is 19.4 Å². The summed E-state index contributed by atoms with van der Waals surface area (Å²) < 4.78 is 10.4. The summed E-state index contributed by atoms with van der Waals surface area (Å²) in [6, 6.07) is 9.80. The van der Waals surface area contributed by atoms with Crippen molar-refractivity contribution in [3.05, 3.63) is 77.8 Å². The predicted molar refractivity (Wildman–Crippen MR) is 107 cm³/mol. The number of allylic oxidation sites excluding steroid dienone is 4. The predicted octanol–water partition coefficient (Wildman–Crippen LogP) is 4.12. The van der Waals surface area contributed by atoms with Crippen molar-refractivity contribution in [1.82, 2.24) is 0 Å². The van der Waals surface area contributed by atoms with E-state index in [0.29, 0.717) is 0 Å². The quantitative estimate of drug-likeness (QED) is 0.757. The van der Waals surface area contributed by atoms with Crippen LogP contribution in [0, 0.1) is 0 Å². The van der Waals surface area contributed by atoms with Gasteiger partial charge in [-0.05, 0) is 61.9 Å². The van der Waals surface area contributed by atoms with Gasteiger partial charge in [0.15, 0.2) is 11.5 Å². The molecule has 0 atom stereocenters. The third kappa shape index (κ3) is 4.14. The highest BCUT2D eigenvalue weighted by molar-refractivity contribution is 6.21. The van der Waals surface area contributed by atoms with Crippen LogP contribution < -0.4 is 0 Å². The minimum atomic E-state index is -0.743. The minimum absolute atomic E-state index is 0.231. The molecule has 0 radical (unpaired) electrons. The lowest BCUT2D eigenvalue weighted by Crippen LogP contribution is -2.28. The Bertz CT molecular complexity index is 908. The van der Waals surface area contributed by atoms with Crippen LogP contribution in [0.3, 0.4) is 0 Å². The maximum absolute atomic E-state index is 12.2. The van der Waals surface area contributed by atoms with Crippen LogP contribution >= 0.6 is 0 Å². The molecular weight excluding hydrogens is 340 g/mol. The van der Waals surface area contributed by atoms with Crippen molar-refractivity contribution in [3.63, 3.8) is 0 Å². The molecule has 0 aliphatic heterocycles. The number of nitrogens with zero attached hydrogens (tertiary/aromatic N) is 2. The van der Waals surface area contributed by atoms with Gasteiger partial charge in [-0.1, -0.05) is 18.2 Å². The lowest BCUT2D eigenvalue weighted by molar-refractivity contribution is -0.118. The third-order valence-electron chi connectivity index (χ3n) is 4.29. The second kappa shape index (κ2) is 7.58. The molecule has 2 aliphatic rings. The van der Waals surface area contributed by atoms with E-state index in [0.717, 1.165) is 22.7 Å². The van der Waals surface area contributed by atoms with E-state index < -0.39 is 5.54 Å². The van der Waals surface area contributed by atoms with Crippen molar-refractivity contribution in [2.24, 2.45) is 9.98 Å². The van der Waals surface area contributed by atoms with Crippen molar-refractivity contribution in [2.75, 3.05) is 14.2 Å². The minimum Gasteiger partial charge on any atom is -0.493 e. The highest BCUT2D eigenvalue weighted by Gasteiger charge is 2.32. The summed E-state index contributed by atoms with van der Waals surface area (Å²) in [5.74, 6) is 0.185. The summed E-state index contributed by atoms with van der Waals surface area (Å²) in [7, 11) is 2.93. The number of hydrogen-bond acceptors (Lipinski definition) is 5. The average Bonchev–Trinajstić information content (AvgIpc) is 2.66. The van der Waals surface area contributed by atoms with Gasteiger partial charge in [-0.15, -0.1) is 0 Å². The van der Waals surface area contributed by atoms with E-state index in [2.05, 4.69) is 4.99 Å². The number of hydrogen-bond donors (Lipinski definition) is 0. The maximum atomic E-state index is 12.2. The molecule has 27 heavy (non-hydrogen) atoms. The maximum Gasteiger partial charge on any atom is 0.261 e. The normalized spacial score (nSPS) is 21.6. The number of Topliss-reactive ketones (excluding diaryl/α,β-unsaturated/α-hetero) is 1. The van der Waals surface area contributed by atoms with Crippen LogP contribution in [-0.2, 0) is 14.3 Å². The molecule has 3 rings (SSSR count). The number of ether oxygens (including phenoxy) is 2. The van der Waals surface area contributed by atoms with Crippen LogP contribution in [-0.4, -0.2) is 37.0 Å². The molecule has 0 spiro atoms. The number of carbonyl (C=O) groups is 1. The average molecular weight is 362 g/mol. The van der Waals surface area contributed by atoms with Crippen LogP contribution in [0.4, 0.5) is 5.69 Å². The summed E-state index contributed by atoms with van der Waals surface area (Å²) >= 11 is 0. The summed E-state index contributed by atoms with van der Waals surface area (Å²) in [4.78, 5) is 21.6. The van der Waals surface area contributed by atoms with Crippen molar-refractivity contribution in [3.8, 4) is 0 Å². The molecule has 0 fully saturated rings. The van der Waals surface area contributed by atoms with Gasteiger partial charge in [0.1, 0.15) is 5.54 Å². The first-order valence-corrected chi connectivity index (χ1v) is 8.63. The zero-order valence-corrected chi connectivity index (χ0v) is 15.9. The standard InChI is InChI=1S/C22H22N2O3/c1-15-12-17(23-16-8-6-5-7-9-16)10-11-18(15)24-22(2)13-19(26-3)21(25)20(14-22)27-4/h5-14H,1-4H3. The fourth-order valence-electron chi connectivity index (χ4n) is 2.94. The number of aliphatic imine (C=N–C) groups is 2. The van der Waals surface area contributed by atoms with Crippen LogP contribution in [0.2, 0.25) is 0 Å². The highest BCUT2D eigenvalue weighted by Crippen LogP contribution is 2.28. The molecule has 1 aromatic carbocycles. The van der Waals surface area contributed by atoms with Crippen LogP contribution in [0.1, 0.15) is 13.8 Å². The molecule has 0 unspecified atom stereocenters. The first-order chi connectivity index (χ1) is 12.9. The lowest BCUT2D eigenvalue weighted by atomic mass is 9.92. The number of carbonyl (C=O) groups excluding carboxylic acids is 1.